The second-order valence-corrected chi connectivity index (χ2v) is 1.52. The molecule has 1 aromatic heterocycles. The molecular weight excluding hydrogens is 130 g/mol. The first kappa shape index (κ1) is 6.60. The van der Waals surface area contributed by atoms with Crippen molar-refractivity contribution in [1.82, 2.24) is 14.8 Å². The number of aliphatic imine (C=N–C) groups is 1. The Bertz CT molecular complexity index is 248. The summed E-state index contributed by atoms with van der Waals surface area (Å²) in [6.07, 6.45) is 4.01. The van der Waals surface area contributed by atoms with E-state index in [0.29, 0.717) is 5.95 Å². The Balaban J connectivity index is 3.00. The first-order chi connectivity index (χ1) is 4.88. The van der Waals surface area contributed by atoms with Crippen LogP contribution in [0.3, 0.4) is 0 Å². The fourth-order valence-electron chi connectivity index (χ4n) is 0.543. The van der Waals surface area contributed by atoms with Crippen LogP contribution in [0.4, 0.5) is 5.95 Å². The van der Waals surface area contributed by atoms with Crippen LogP contribution in [0.2, 0.25) is 0 Å². The van der Waals surface area contributed by atoms with Gasteiger partial charge in [0.05, 0.1) is 0 Å². The number of aromatic nitrogens is 3. The lowest BCUT2D eigenvalue weighted by Gasteiger charge is -1.87. The van der Waals surface area contributed by atoms with Gasteiger partial charge in [-0.25, -0.2) is 4.99 Å². The van der Waals surface area contributed by atoms with Gasteiger partial charge in [-0.3, -0.25) is 5.41 Å². The molecule has 0 saturated carbocycles. The molecule has 1 N–H and O–H groups in total. The zero-order valence-electron chi connectivity index (χ0n) is 5.52. The third kappa shape index (κ3) is 1.07. The minimum absolute atomic E-state index is 0.428. The van der Waals surface area contributed by atoms with Crippen LogP contribution >= 0.6 is 0 Å². The van der Waals surface area contributed by atoms with Crippen molar-refractivity contribution in [2.24, 2.45) is 4.99 Å². The van der Waals surface area contributed by atoms with Crippen LogP contribution in [0.5, 0.6) is 0 Å². The Morgan fingerprint density at radius 3 is 3.20 bits per heavy atom. The number of hydrogen-bond donors (Lipinski definition) is 1. The first-order valence-corrected chi connectivity index (χ1v) is 2.77. The van der Waals surface area contributed by atoms with E-state index < -0.39 is 0 Å². The maximum absolute atomic E-state index is 6.84. The van der Waals surface area contributed by atoms with Gasteiger partial charge in [-0.05, 0) is 6.92 Å². The van der Waals surface area contributed by atoms with Crippen molar-refractivity contribution >= 4 is 18.5 Å². The predicted octanol–water partition coefficient (Wildman–Crippen LogP) is 0.455. The van der Waals surface area contributed by atoms with Gasteiger partial charge in [0.2, 0.25) is 0 Å². The highest BCUT2D eigenvalue weighted by Crippen LogP contribution is 2.00. The van der Waals surface area contributed by atoms with Crippen molar-refractivity contribution in [3.05, 3.63) is 6.33 Å². The topological polar surface area (TPSA) is 66.9 Å². The lowest BCUT2D eigenvalue weighted by Crippen LogP contribution is -1.94. The molecule has 1 rings (SSSR count). The number of nitrogens with one attached hydrogen (secondary N) is 1. The SMILES string of the molecule is C/C=N\c1ncnn1C=N. The van der Waals surface area contributed by atoms with Crippen molar-refractivity contribution in [3.63, 3.8) is 0 Å². The Morgan fingerprint density at radius 2 is 2.60 bits per heavy atom. The number of hydrogen-bond acceptors (Lipinski definition) is 4. The molecular formula is C5H7N5. The molecule has 52 valence electrons. The molecule has 5 nitrogen and oxygen atoms in total. The van der Waals surface area contributed by atoms with Crippen molar-refractivity contribution in [3.8, 4) is 0 Å². The molecule has 0 bridgehead atoms. The molecule has 0 saturated heterocycles. The lowest BCUT2D eigenvalue weighted by molar-refractivity contribution is 0.947. The fourth-order valence-corrected chi connectivity index (χ4v) is 0.543. The zero-order chi connectivity index (χ0) is 7.40. The molecule has 0 spiro atoms. The highest BCUT2D eigenvalue weighted by molar-refractivity contribution is 5.62. The van der Waals surface area contributed by atoms with Crippen LogP contribution in [0, 0.1) is 5.41 Å². The molecule has 1 heterocycles. The van der Waals surface area contributed by atoms with Gasteiger partial charge >= 0.3 is 0 Å². The van der Waals surface area contributed by atoms with Crippen LogP contribution < -0.4 is 0 Å². The molecule has 5 heteroatoms. The van der Waals surface area contributed by atoms with E-state index in [-0.39, 0.29) is 0 Å². The standard InChI is InChI=1S/C5H7N5/c1-2-7-5-8-4-9-10(5)3-6/h2-4,6H,1H3/b6-3?,7-2-. The summed E-state index contributed by atoms with van der Waals surface area (Å²) >= 11 is 0. The van der Waals surface area contributed by atoms with Gasteiger partial charge in [0.1, 0.15) is 12.7 Å². The molecule has 0 aliphatic carbocycles. The number of rotatable bonds is 2. The van der Waals surface area contributed by atoms with Crippen molar-refractivity contribution < 1.29 is 0 Å². The number of nitrogens with zero attached hydrogens (tertiary/aromatic N) is 4. The van der Waals surface area contributed by atoms with Gasteiger partial charge in [-0.2, -0.15) is 14.8 Å². The van der Waals surface area contributed by atoms with Crippen LogP contribution in [-0.4, -0.2) is 27.3 Å². The summed E-state index contributed by atoms with van der Waals surface area (Å²) in [4.78, 5) is 7.63. The summed E-state index contributed by atoms with van der Waals surface area (Å²) in [5, 5.41) is 10.5. The van der Waals surface area contributed by atoms with Crippen LogP contribution in [0.25, 0.3) is 0 Å². The average Bonchev–Trinajstić information content (AvgIpc) is 2.36. The third-order valence-corrected chi connectivity index (χ3v) is 0.921. The predicted molar refractivity (Wildman–Crippen MR) is 38.0 cm³/mol. The molecule has 10 heavy (non-hydrogen) atoms. The second-order valence-electron chi connectivity index (χ2n) is 1.52. The van der Waals surface area contributed by atoms with E-state index in [1.54, 1.807) is 13.1 Å². The van der Waals surface area contributed by atoms with Crippen LogP contribution in [0.1, 0.15) is 6.92 Å². The largest absolute Gasteiger partial charge is 0.289 e. The highest BCUT2D eigenvalue weighted by Gasteiger charge is 1.94. The molecule has 0 aromatic carbocycles. The van der Waals surface area contributed by atoms with E-state index in [1.807, 2.05) is 0 Å². The van der Waals surface area contributed by atoms with E-state index in [2.05, 4.69) is 15.1 Å². The third-order valence-electron chi connectivity index (χ3n) is 0.921. The fraction of sp³-hybridized carbons (Fsp3) is 0.200. The van der Waals surface area contributed by atoms with E-state index in [0.717, 1.165) is 6.34 Å². The monoisotopic (exact) mass is 137 g/mol. The quantitative estimate of drug-likeness (QED) is 0.475. The van der Waals surface area contributed by atoms with Crippen molar-refractivity contribution in [2.75, 3.05) is 0 Å². The van der Waals surface area contributed by atoms with Gasteiger partial charge in [-0.15, -0.1) is 0 Å². The summed E-state index contributed by atoms with van der Waals surface area (Å²) < 4.78 is 1.28. The Morgan fingerprint density at radius 1 is 1.80 bits per heavy atom. The normalized spacial score (nSPS) is 10.5. The maximum Gasteiger partial charge on any atom is 0.253 e. The minimum atomic E-state index is 0.428. The van der Waals surface area contributed by atoms with Crippen molar-refractivity contribution in [2.45, 2.75) is 6.92 Å². The van der Waals surface area contributed by atoms with E-state index >= 15 is 0 Å². The Hall–Kier alpha value is -1.52. The van der Waals surface area contributed by atoms with Gasteiger partial charge in [0.25, 0.3) is 5.95 Å². The Labute approximate surface area is 57.9 Å². The zero-order valence-corrected chi connectivity index (χ0v) is 5.52. The molecule has 0 radical (unpaired) electrons. The molecule has 1 aromatic rings. The molecule has 0 unspecified atom stereocenters. The van der Waals surface area contributed by atoms with Gasteiger partial charge in [0, 0.05) is 6.21 Å². The van der Waals surface area contributed by atoms with Crippen LogP contribution in [-0.2, 0) is 0 Å². The summed E-state index contributed by atoms with van der Waals surface area (Å²) in [5.41, 5.74) is 0. The summed E-state index contributed by atoms with van der Waals surface area (Å²) in [6.45, 7) is 1.78. The Kier molecular flexibility index (Phi) is 1.89. The summed E-state index contributed by atoms with van der Waals surface area (Å²) in [6, 6.07) is 0. The van der Waals surface area contributed by atoms with Crippen LogP contribution in [0.15, 0.2) is 11.3 Å². The lowest BCUT2D eigenvalue weighted by atomic mass is 10.8. The summed E-state index contributed by atoms with van der Waals surface area (Å²) in [7, 11) is 0. The molecule has 0 atom stereocenters. The summed E-state index contributed by atoms with van der Waals surface area (Å²) in [5.74, 6) is 0.428. The maximum atomic E-state index is 6.84. The van der Waals surface area contributed by atoms with E-state index in [1.165, 1.54) is 11.0 Å². The second kappa shape index (κ2) is 2.86. The van der Waals surface area contributed by atoms with Gasteiger partial charge in [-0.1, -0.05) is 0 Å². The highest BCUT2D eigenvalue weighted by atomic mass is 15.4. The van der Waals surface area contributed by atoms with E-state index in [4.69, 9.17) is 5.41 Å². The smallest absolute Gasteiger partial charge is 0.253 e. The first-order valence-electron chi connectivity index (χ1n) is 2.77. The van der Waals surface area contributed by atoms with Crippen molar-refractivity contribution in [1.29, 1.82) is 5.41 Å². The van der Waals surface area contributed by atoms with E-state index in [9.17, 15) is 0 Å². The molecule has 0 amide bonds. The van der Waals surface area contributed by atoms with Gasteiger partial charge < -0.3 is 0 Å². The van der Waals surface area contributed by atoms with Gasteiger partial charge in [0.15, 0.2) is 0 Å². The minimum Gasteiger partial charge on any atom is -0.289 e. The molecule has 0 aliphatic rings. The average molecular weight is 137 g/mol. The molecule has 0 aliphatic heterocycles. The molecule has 0 fully saturated rings.